The average Bonchev–Trinajstić information content (AvgIpc) is 2.31. The Morgan fingerprint density at radius 3 is 2.50 bits per heavy atom. The van der Waals surface area contributed by atoms with Crippen LogP contribution in [-0.4, -0.2) is 49.9 Å². The normalized spacial score (nSPS) is 10.7. The second-order valence-electron chi connectivity index (χ2n) is 4.90. The first kappa shape index (κ1) is 14.5. The van der Waals surface area contributed by atoms with E-state index in [0.29, 0.717) is 11.3 Å². The summed E-state index contributed by atoms with van der Waals surface area (Å²) < 4.78 is 0. The van der Waals surface area contributed by atoms with E-state index < -0.39 is 0 Å². The van der Waals surface area contributed by atoms with Gasteiger partial charge in [0.15, 0.2) is 0 Å². The lowest BCUT2D eigenvalue weighted by atomic mass is 10.1. The van der Waals surface area contributed by atoms with Crippen LogP contribution in [0.3, 0.4) is 0 Å². The Kier molecular flexibility index (Phi) is 5.16. The maximum absolute atomic E-state index is 12.3. The van der Waals surface area contributed by atoms with Gasteiger partial charge in [-0.2, -0.15) is 0 Å². The van der Waals surface area contributed by atoms with Crippen LogP contribution < -0.4 is 5.73 Å². The van der Waals surface area contributed by atoms with Crippen LogP contribution in [0.15, 0.2) is 18.2 Å². The molecule has 0 fully saturated rings. The van der Waals surface area contributed by atoms with Crippen LogP contribution in [0.4, 0.5) is 5.69 Å². The van der Waals surface area contributed by atoms with Crippen LogP contribution in [0.1, 0.15) is 22.3 Å². The number of nitrogen functional groups attached to an aromatic ring is 1. The lowest BCUT2D eigenvalue weighted by Crippen LogP contribution is -2.30. The summed E-state index contributed by atoms with van der Waals surface area (Å²) in [4.78, 5) is 16.1. The Labute approximate surface area is 109 Å². The molecule has 1 amide bonds. The highest BCUT2D eigenvalue weighted by atomic mass is 16.2. The van der Waals surface area contributed by atoms with Crippen molar-refractivity contribution in [2.75, 3.05) is 40.0 Å². The predicted octanol–water partition coefficient (Wildman–Crippen LogP) is 1.60. The highest BCUT2D eigenvalue weighted by Crippen LogP contribution is 2.17. The highest BCUT2D eigenvalue weighted by molar-refractivity contribution is 5.96. The molecule has 1 aromatic rings. The fraction of sp³-hybridized carbons (Fsp3) is 0.500. The molecule has 0 aliphatic heterocycles. The predicted molar refractivity (Wildman–Crippen MR) is 75.7 cm³/mol. The van der Waals surface area contributed by atoms with Crippen LogP contribution in [0.25, 0.3) is 0 Å². The fourth-order valence-electron chi connectivity index (χ4n) is 1.82. The zero-order valence-electron chi connectivity index (χ0n) is 11.7. The molecule has 0 saturated carbocycles. The average molecular weight is 249 g/mol. The van der Waals surface area contributed by atoms with Crippen LogP contribution in [0.5, 0.6) is 0 Å². The van der Waals surface area contributed by atoms with Gasteiger partial charge in [-0.1, -0.05) is 6.07 Å². The number of nitrogens with two attached hydrogens (primary N) is 1. The molecule has 0 saturated heterocycles. The summed E-state index contributed by atoms with van der Waals surface area (Å²) >= 11 is 0. The number of hydrogen-bond acceptors (Lipinski definition) is 3. The molecule has 0 bridgehead atoms. The summed E-state index contributed by atoms with van der Waals surface area (Å²) in [6, 6.07) is 5.47. The van der Waals surface area contributed by atoms with E-state index in [-0.39, 0.29) is 5.91 Å². The summed E-state index contributed by atoms with van der Waals surface area (Å²) in [6.45, 7) is 3.62. The van der Waals surface area contributed by atoms with Crippen molar-refractivity contribution in [3.05, 3.63) is 29.3 Å². The van der Waals surface area contributed by atoms with Crippen molar-refractivity contribution in [3.63, 3.8) is 0 Å². The third-order valence-electron chi connectivity index (χ3n) is 3.05. The van der Waals surface area contributed by atoms with Gasteiger partial charge in [-0.3, -0.25) is 4.79 Å². The van der Waals surface area contributed by atoms with Crippen molar-refractivity contribution in [1.82, 2.24) is 9.80 Å². The second-order valence-corrected chi connectivity index (χ2v) is 4.90. The van der Waals surface area contributed by atoms with Crippen molar-refractivity contribution in [1.29, 1.82) is 0 Å². The van der Waals surface area contributed by atoms with Gasteiger partial charge in [-0.05, 0) is 51.7 Å². The third-order valence-corrected chi connectivity index (χ3v) is 3.05. The second kappa shape index (κ2) is 6.40. The monoisotopic (exact) mass is 249 g/mol. The van der Waals surface area contributed by atoms with Gasteiger partial charge in [0.25, 0.3) is 5.91 Å². The number of nitrogens with zero attached hydrogens (tertiary/aromatic N) is 2. The minimum absolute atomic E-state index is 0.0403. The minimum atomic E-state index is 0.0403. The van der Waals surface area contributed by atoms with E-state index in [1.807, 2.05) is 46.3 Å². The smallest absolute Gasteiger partial charge is 0.253 e. The standard InChI is InChI=1S/C14H23N3O/c1-11-12(7-5-8-13(11)15)14(18)17(4)10-6-9-16(2)3/h5,7-8H,6,9-10,15H2,1-4H3. The molecule has 0 aliphatic rings. The van der Waals surface area contributed by atoms with Gasteiger partial charge in [0.1, 0.15) is 0 Å². The molecule has 2 N–H and O–H groups in total. The van der Waals surface area contributed by atoms with Crippen molar-refractivity contribution >= 4 is 11.6 Å². The molecule has 0 atom stereocenters. The topological polar surface area (TPSA) is 49.6 Å². The molecule has 0 spiro atoms. The van der Waals surface area contributed by atoms with Gasteiger partial charge >= 0.3 is 0 Å². The Balaban J connectivity index is 2.66. The van der Waals surface area contributed by atoms with Crippen LogP contribution in [0, 0.1) is 6.92 Å². The summed E-state index contributed by atoms with van der Waals surface area (Å²) in [5.41, 5.74) is 8.05. The van der Waals surface area contributed by atoms with Crippen molar-refractivity contribution < 1.29 is 4.79 Å². The Bertz CT molecular complexity index is 416. The Morgan fingerprint density at radius 2 is 1.89 bits per heavy atom. The number of rotatable bonds is 5. The molecular weight excluding hydrogens is 226 g/mol. The number of carbonyl (C=O) groups excluding carboxylic acids is 1. The van der Waals surface area contributed by atoms with E-state index >= 15 is 0 Å². The molecule has 4 nitrogen and oxygen atoms in total. The van der Waals surface area contributed by atoms with Gasteiger partial charge in [0.05, 0.1) is 0 Å². The van der Waals surface area contributed by atoms with Crippen LogP contribution >= 0.6 is 0 Å². The summed E-state index contributed by atoms with van der Waals surface area (Å²) in [7, 11) is 5.90. The van der Waals surface area contributed by atoms with Crippen molar-refractivity contribution in [3.8, 4) is 0 Å². The first-order valence-corrected chi connectivity index (χ1v) is 6.18. The van der Waals surface area contributed by atoms with E-state index in [1.54, 1.807) is 4.90 Å². The quantitative estimate of drug-likeness (QED) is 0.806. The van der Waals surface area contributed by atoms with E-state index in [0.717, 1.165) is 25.1 Å². The first-order chi connectivity index (χ1) is 8.43. The van der Waals surface area contributed by atoms with Crippen molar-refractivity contribution in [2.45, 2.75) is 13.3 Å². The van der Waals surface area contributed by atoms with Gasteiger partial charge in [0, 0.05) is 24.8 Å². The van der Waals surface area contributed by atoms with Gasteiger partial charge in [-0.15, -0.1) is 0 Å². The van der Waals surface area contributed by atoms with Gasteiger partial charge in [0.2, 0.25) is 0 Å². The minimum Gasteiger partial charge on any atom is -0.398 e. The molecule has 0 aliphatic carbocycles. The number of hydrogen-bond donors (Lipinski definition) is 1. The number of amides is 1. The van der Waals surface area contributed by atoms with E-state index in [2.05, 4.69) is 4.90 Å². The highest BCUT2D eigenvalue weighted by Gasteiger charge is 2.14. The molecule has 18 heavy (non-hydrogen) atoms. The Hall–Kier alpha value is -1.55. The van der Waals surface area contributed by atoms with E-state index in [1.165, 1.54) is 0 Å². The van der Waals surface area contributed by atoms with E-state index in [9.17, 15) is 4.79 Å². The summed E-state index contributed by atoms with van der Waals surface area (Å²) in [6.07, 6.45) is 0.969. The lowest BCUT2D eigenvalue weighted by molar-refractivity contribution is 0.0790. The molecule has 0 unspecified atom stereocenters. The van der Waals surface area contributed by atoms with Crippen LogP contribution in [-0.2, 0) is 0 Å². The first-order valence-electron chi connectivity index (χ1n) is 6.18. The number of carbonyl (C=O) groups is 1. The molecule has 1 aromatic carbocycles. The molecule has 4 heteroatoms. The fourth-order valence-corrected chi connectivity index (χ4v) is 1.82. The molecule has 0 radical (unpaired) electrons. The zero-order chi connectivity index (χ0) is 13.7. The van der Waals surface area contributed by atoms with Gasteiger partial charge < -0.3 is 15.5 Å². The van der Waals surface area contributed by atoms with Crippen molar-refractivity contribution in [2.24, 2.45) is 0 Å². The summed E-state index contributed by atoms with van der Waals surface area (Å²) in [5, 5.41) is 0. The molecule has 1 rings (SSSR count). The molecule has 100 valence electrons. The molecule has 0 heterocycles. The summed E-state index contributed by atoms with van der Waals surface area (Å²) in [5.74, 6) is 0.0403. The van der Waals surface area contributed by atoms with Gasteiger partial charge in [-0.25, -0.2) is 0 Å². The van der Waals surface area contributed by atoms with Crippen LogP contribution in [0.2, 0.25) is 0 Å². The Morgan fingerprint density at radius 1 is 1.22 bits per heavy atom. The maximum atomic E-state index is 12.3. The maximum Gasteiger partial charge on any atom is 0.253 e. The lowest BCUT2D eigenvalue weighted by Gasteiger charge is -2.20. The number of anilines is 1. The SMILES string of the molecule is Cc1c(N)cccc1C(=O)N(C)CCCN(C)C. The largest absolute Gasteiger partial charge is 0.398 e. The van der Waals surface area contributed by atoms with E-state index in [4.69, 9.17) is 5.73 Å². The zero-order valence-corrected chi connectivity index (χ0v) is 11.7. The molecular formula is C14H23N3O. The number of benzene rings is 1. The molecule has 0 aromatic heterocycles. The third kappa shape index (κ3) is 3.74.